The molecule has 0 N–H and O–H groups in total. The first-order valence-electron chi connectivity index (χ1n) is 5.85. The van der Waals surface area contributed by atoms with Crippen LogP contribution in [0.5, 0.6) is 0 Å². The molecule has 0 aromatic heterocycles. The van der Waals surface area contributed by atoms with Crippen molar-refractivity contribution >= 4 is 11.5 Å². The highest BCUT2D eigenvalue weighted by atomic mass is 16.1. The lowest BCUT2D eigenvalue weighted by molar-refractivity contribution is -0.114. The summed E-state index contributed by atoms with van der Waals surface area (Å²) in [4.78, 5) is 13.7. The predicted molar refractivity (Wildman–Crippen MR) is 64.5 cm³/mol. The van der Waals surface area contributed by atoms with Gasteiger partial charge in [0.1, 0.15) is 0 Å². The number of nitrogens with zero attached hydrogens (tertiary/aromatic N) is 1. The fraction of sp³-hybridized carbons (Fsp3) is 0.357. The first kappa shape index (κ1) is 9.64. The Kier molecular flexibility index (Phi) is 2.10. The normalized spacial score (nSPS) is 23.6. The molecule has 0 spiro atoms. The minimum Gasteiger partial charge on any atom is -0.344 e. The van der Waals surface area contributed by atoms with Gasteiger partial charge in [-0.1, -0.05) is 25.1 Å². The second kappa shape index (κ2) is 3.48. The smallest absolute Gasteiger partial charge is 0.159 e. The van der Waals surface area contributed by atoms with Crippen molar-refractivity contribution in [1.82, 2.24) is 0 Å². The van der Waals surface area contributed by atoms with E-state index in [1.165, 1.54) is 16.9 Å². The van der Waals surface area contributed by atoms with Crippen molar-refractivity contribution in [2.75, 3.05) is 11.4 Å². The molecule has 82 valence electrons. The molecule has 1 aromatic rings. The summed E-state index contributed by atoms with van der Waals surface area (Å²) in [5.41, 5.74) is 3.90. The Morgan fingerprint density at radius 1 is 1.31 bits per heavy atom. The predicted octanol–water partition coefficient (Wildman–Crippen LogP) is 2.86. The number of ketones is 1. The molecule has 0 amide bonds. The Morgan fingerprint density at radius 2 is 2.12 bits per heavy atom. The van der Waals surface area contributed by atoms with E-state index in [2.05, 4.69) is 36.1 Å². The summed E-state index contributed by atoms with van der Waals surface area (Å²) >= 11 is 0. The lowest BCUT2D eigenvalue weighted by atomic mass is 9.87. The van der Waals surface area contributed by atoms with Gasteiger partial charge in [-0.05, 0) is 24.0 Å². The number of allylic oxidation sites excluding steroid dienone is 2. The molecule has 1 unspecified atom stereocenters. The summed E-state index contributed by atoms with van der Waals surface area (Å²) in [6.45, 7) is 3.07. The molecule has 3 rings (SSSR count). The van der Waals surface area contributed by atoms with Crippen molar-refractivity contribution in [3.8, 4) is 0 Å². The van der Waals surface area contributed by atoms with Crippen molar-refractivity contribution < 1.29 is 4.79 Å². The Bertz CT molecular complexity index is 475. The lowest BCUT2D eigenvalue weighted by Gasteiger charge is -2.38. The standard InChI is InChI=1S/C14H15NO/c1-10-8-11-9-12(16)6-7-15(11)14-5-3-2-4-13(10)14/h2-5,9-10H,6-8H2,1H3. The van der Waals surface area contributed by atoms with Gasteiger partial charge in [0.15, 0.2) is 5.78 Å². The number of rotatable bonds is 0. The quantitative estimate of drug-likeness (QED) is 0.660. The van der Waals surface area contributed by atoms with Gasteiger partial charge in [0.2, 0.25) is 0 Å². The zero-order valence-electron chi connectivity index (χ0n) is 9.44. The summed E-state index contributed by atoms with van der Waals surface area (Å²) in [7, 11) is 0. The van der Waals surface area contributed by atoms with Crippen LogP contribution in [0.4, 0.5) is 5.69 Å². The van der Waals surface area contributed by atoms with E-state index >= 15 is 0 Å². The number of carbonyl (C=O) groups excluding carboxylic acids is 1. The molecule has 2 aliphatic rings. The van der Waals surface area contributed by atoms with Crippen LogP contribution in [0.15, 0.2) is 36.0 Å². The maximum Gasteiger partial charge on any atom is 0.159 e. The van der Waals surface area contributed by atoms with Crippen LogP contribution < -0.4 is 4.90 Å². The van der Waals surface area contributed by atoms with E-state index in [1.807, 2.05) is 6.08 Å². The summed E-state index contributed by atoms with van der Waals surface area (Å²) < 4.78 is 0. The molecule has 0 radical (unpaired) electrons. The third kappa shape index (κ3) is 1.37. The van der Waals surface area contributed by atoms with Gasteiger partial charge in [-0.2, -0.15) is 0 Å². The molecule has 2 nitrogen and oxygen atoms in total. The van der Waals surface area contributed by atoms with Crippen LogP contribution in [0.3, 0.4) is 0 Å². The van der Waals surface area contributed by atoms with Crippen molar-refractivity contribution in [2.24, 2.45) is 0 Å². The number of carbonyl (C=O) groups is 1. The molecule has 1 aromatic carbocycles. The molecule has 0 fully saturated rings. The molecule has 0 saturated carbocycles. The van der Waals surface area contributed by atoms with Crippen LogP contribution in [-0.4, -0.2) is 12.3 Å². The van der Waals surface area contributed by atoms with E-state index in [1.54, 1.807) is 0 Å². The van der Waals surface area contributed by atoms with Crippen molar-refractivity contribution in [2.45, 2.75) is 25.7 Å². The first-order valence-corrected chi connectivity index (χ1v) is 5.85. The summed E-state index contributed by atoms with van der Waals surface area (Å²) in [5.74, 6) is 0.794. The number of fused-ring (bicyclic) bond motifs is 3. The van der Waals surface area contributed by atoms with E-state index in [-0.39, 0.29) is 5.78 Å². The Morgan fingerprint density at radius 3 is 3.00 bits per heavy atom. The third-order valence-electron chi connectivity index (χ3n) is 3.53. The van der Waals surface area contributed by atoms with Crippen LogP contribution in [-0.2, 0) is 4.79 Å². The van der Waals surface area contributed by atoms with Crippen LogP contribution in [0, 0.1) is 0 Å². The van der Waals surface area contributed by atoms with Gasteiger partial charge in [-0.3, -0.25) is 4.79 Å². The first-order chi connectivity index (χ1) is 7.75. The van der Waals surface area contributed by atoms with Crippen molar-refractivity contribution in [3.05, 3.63) is 41.6 Å². The van der Waals surface area contributed by atoms with Crippen LogP contribution >= 0.6 is 0 Å². The molecule has 0 saturated heterocycles. The second-order valence-corrected chi connectivity index (χ2v) is 4.67. The van der Waals surface area contributed by atoms with Crippen molar-refractivity contribution in [3.63, 3.8) is 0 Å². The molecule has 2 heteroatoms. The molecular formula is C14H15NO. The number of hydrogen-bond acceptors (Lipinski definition) is 2. The van der Waals surface area contributed by atoms with Gasteiger partial charge < -0.3 is 4.90 Å². The highest BCUT2D eigenvalue weighted by molar-refractivity contribution is 5.93. The minimum absolute atomic E-state index is 0.276. The van der Waals surface area contributed by atoms with Gasteiger partial charge >= 0.3 is 0 Å². The van der Waals surface area contributed by atoms with E-state index in [9.17, 15) is 4.79 Å². The summed E-state index contributed by atoms with van der Waals surface area (Å²) in [6.07, 6.45) is 3.46. The monoisotopic (exact) mass is 213 g/mol. The largest absolute Gasteiger partial charge is 0.344 e. The maximum atomic E-state index is 11.4. The van der Waals surface area contributed by atoms with Gasteiger partial charge in [0.05, 0.1) is 0 Å². The average Bonchev–Trinajstić information content (AvgIpc) is 2.29. The molecule has 2 aliphatic heterocycles. The molecule has 0 bridgehead atoms. The number of benzene rings is 1. The van der Waals surface area contributed by atoms with E-state index < -0.39 is 0 Å². The van der Waals surface area contributed by atoms with Crippen LogP contribution in [0.2, 0.25) is 0 Å². The van der Waals surface area contributed by atoms with Crippen molar-refractivity contribution in [1.29, 1.82) is 0 Å². The van der Waals surface area contributed by atoms with Crippen LogP contribution in [0.25, 0.3) is 0 Å². The topological polar surface area (TPSA) is 20.3 Å². The molecule has 0 aliphatic carbocycles. The zero-order chi connectivity index (χ0) is 11.1. The number of anilines is 1. The maximum absolute atomic E-state index is 11.4. The minimum atomic E-state index is 0.276. The molecule has 16 heavy (non-hydrogen) atoms. The highest BCUT2D eigenvalue weighted by Crippen LogP contribution is 2.40. The van der Waals surface area contributed by atoms with Crippen LogP contribution in [0.1, 0.15) is 31.2 Å². The third-order valence-corrected chi connectivity index (χ3v) is 3.53. The molecule has 2 heterocycles. The Hall–Kier alpha value is -1.57. The summed E-state index contributed by atoms with van der Waals surface area (Å²) in [6, 6.07) is 8.53. The Balaban J connectivity index is 2.12. The average molecular weight is 213 g/mol. The summed E-state index contributed by atoms with van der Waals surface area (Å²) in [5, 5.41) is 0. The van der Waals surface area contributed by atoms with E-state index in [4.69, 9.17) is 0 Å². The number of para-hydroxylation sites is 1. The molecule has 1 atom stereocenters. The second-order valence-electron chi connectivity index (χ2n) is 4.67. The Labute approximate surface area is 95.6 Å². The van der Waals surface area contributed by atoms with Gasteiger partial charge in [-0.25, -0.2) is 0 Å². The fourth-order valence-corrected chi connectivity index (χ4v) is 2.72. The molecular weight excluding hydrogens is 198 g/mol. The van der Waals surface area contributed by atoms with E-state index in [0.29, 0.717) is 12.3 Å². The van der Waals surface area contributed by atoms with E-state index in [0.717, 1.165) is 13.0 Å². The lowest BCUT2D eigenvalue weighted by Crippen LogP contribution is -2.34. The van der Waals surface area contributed by atoms with Gasteiger partial charge in [0.25, 0.3) is 0 Å². The zero-order valence-corrected chi connectivity index (χ0v) is 9.44. The SMILES string of the molecule is CC1CC2=CC(=O)CCN2c2ccccc21. The highest BCUT2D eigenvalue weighted by Gasteiger charge is 2.28. The fourth-order valence-electron chi connectivity index (χ4n) is 2.72. The van der Waals surface area contributed by atoms with Gasteiger partial charge in [-0.15, -0.1) is 0 Å². The number of hydrogen-bond donors (Lipinski definition) is 0. The van der Waals surface area contributed by atoms with Gasteiger partial charge in [0, 0.05) is 30.4 Å².